The summed E-state index contributed by atoms with van der Waals surface area (Å²) in [7, 11) is 0. The molecular formula is C26H32F4O3. The summed E-state index contributed by atoms with van der Waals surface area (Å²) in [6.07, 6.45) is -2.10. The Morgan fingerprint density at radius 3 is 2.36 bits per heavy atom. The molecular weight excluding hydrogens is 436 g/mol. The lowest BCUT2D eigenvalue weighted by Crippen LogP contribution is -2.28. The summed E-state index contributed by atoms with van der Waals surface area (Å²) in [6, 6.07) is 10.0. The van der Waals surface area contributed by atoms with Crippen LogP contribution in [0, 0.1) is 5.82 Å². The number of aryl methyl sites for hydroxylation is 2. The van der Waals surface area contributed by atoms with Crippen LogP contribution in [0.5, 0.6) is 5.75 Å². The third-order valence-electron chi connectivity index (χ3n) is 5.89. The van der Waals surface area contributed by atoms with E-state index in [1.807, 2.05) is 19.1 Å². The van der Waals surface area contributed by atoms with Crippen molar-refractivity contribution in [1.82, 2.24) is 0 Å². The Morgan fingerprint density at radius 2 is 1.76 bits per heavy atom. The van der Waals surface area contributed by atoms with Gasteiger partial charge in [0.1, 0.15) is 11.6 Å². The molecule has 0 saturated carbocycles. The van der Waals surface area contributed by atoms with Gasteiger partial charge in [0.15, 0.2) is 0 Å². The van der Waals surface area contributed by atoms with Gasteiger partial charge in [0.2, 0.25) is 0 Å². The predicted octanol–water partition coefficient (Wildman–Crippen LogP) is 7.07. The Balaban J connectivity index is 1.71. The van der Waals surface area contributed by atoms with Gasteiger partial charge < -0.3 is 14.2 Å². The highest BCUT2D eigenvalue weighted by Gasteiger charge is 2.39. The van der Waals surface area contributed by atoms with E-state index >= 15 is 4.39 Å². The monoisotopic (exact) mass is 468 g/mol. The average molecular weight is 469 g/mol. The molecule has 0 aromatic heterocycles. The van der Waals surface area contributed by atoms with Crippen molar-refractivity contribution in [3.8, 4) is 5.75 Å². The molecule has 0 amide bonds. The number of halogens is 4. The minimum absolute atomic E-state index is 0.0286. The van der Waals surface area contributed by atoms with Crippen LogP contribution in [0.3, 0.4) is 0 Å². The first-order valence-corrected chi connectivity index (χ1v) is 11.7. The third-order valence-corrected chi connectivity index (χ3v) is 5.89. The van der Waals surface area contributed by atoms with E-state index in [2.05, 4.69) is 6.92 Å². The number of rotatable bonds is 10. The molecule has 33 heavy (non-hydrogen) atoms. The zero-order valence-electron chi connectivity index (χ0n) is 19.2. The third kappa shape index (κ3) is 6.93. The van der Waals surface area contributed by atoms with Gasteiger partial charge in [-0.25, -0.2) is 4.39 Å². The van der Waals surface area contributed by atoms with Gasteiger partial charge in [-0.15, -0.1) is 0 Å². The molecule has 2 aromatic rings. The zero-order valence-corrected chi connectivity index (χ0v) is 19.2. The topological polar surface area (TPSA) is 27.7 Å². The fourth-order valence-electron chi connectivity index (χ4n) is 4.09. The molecule has 182 valence electrons. The fourth-order valence-corrected chi connectivity index (χ4v) is 4.09. The summed E-state index contributed by atoms with van der Waals surface area (Å²) in [5, 5.41) is 0. The van der Waals surface area contributed by atoms with Gasteiger partial charge in [0, 0.05) is 12.2 Å². The number of unbranched alkanes of at least 4 members (excludes halogenated alkanes) is 1. The van der Waals surface area contributed by atoms with Crippen molar-refractivity contribution >= 4 is 0 Å². The molecule has 3 nitrogen and oxygen atoms in total. The van der Waals surface area contributed by atoms with E-state index in [9.17, 15) is 13.2 Å². The molecule has 0 radical (unpaired) electrons. The fraction of sp³-hybridized carbons (Fsp3) is 0.538. The molecule has 0 spiro atoms. The first-order valence-electron chi connectivity index (χ1n) is 11.7. The molecule has 0 N–H and O–H groups in total. The van der Waals surface area contributed by atoms with Gasteiger partial charge in [-0.05, 0) is 62.3 Å². The maximum absolute atomic E-state index is 15.2. The molecule has 1 aliphatic heterocycles. The Kier molecular flexibility index (Phi) is 9.15. The maximum atomic E-state index is 15.2. The molecule has 2 aromatic carbocycles. The van der Waals surface area contributed by atoms with Crippen LogP contribution >= 0.6 is 0 Å². The van der Waals surface area contributed by atoms with E-state index < -0.39 is 23.7 Å². The van der Waals surface area contributed by atoms with E-state index in [4.69, 9.17) is 14.2 Å². The second-order valence-corrected chi connectivity index (χ2v) is 8.32. The van der Waals surface area contributed by atoms with Crippen LogP contribution < -0.4 is 4.74 Å². The van der Waals surface area contributed by atoms with E-state index in [0.29, 0.717) is 38.2 Å². The molecule has 3 rings (SSSR count). The lowest BCUT2D eigenvalue weighted by atomic mass is 9.92. The zero-order chi connectivity index (χ0) is 23.8. The normalized spacial score (nSPS) is 19.0. The standard InChI is InChI=1S/C26H32F4O3/c1-3-5-16-32-21-13-15-23(33-17-21)22-14-10-19(24(25(22)27)26(28,29)30)9-6-18-7-11-20(12-8-18)31-4-2/h7-8,10-12,14,21,23H,3-6,9,13,15-17H2,1-2H3. The molecule has 7 heteroatoms. The SMILES string of the molecule is CCCCOC1CCC(c2ccc(CCc3ccc(OCC)cc3)c(C(F)(F)F)c2F)OC1. The molecule has 1 saturated heterocycles. The maximum Gasteiger partial charge on any atom is 0.419 e. The van der Waals surface area contributed by atoms with Crippen LogP contribution in [0.15, 0.2) is 36.4 Å². The van der Waals surface area contributed by atoms with Crippen LogP contribution in [0.25, 0.3) is 0 Å². The Morgan fingerprint density at radius 1 is 1.00 bits per heavy atom. The van der Waals surface area contributed by atoms with Gasteiger partial charge in [-0.1, -0.05) is 37.6 Å². The van der Waals surface area contributed by atoms with Gasteiger partial charge in [0.25, 0.3) is 0 Å². The summed E-state index contributed by atoms with van der Waals surface area (Å²) in [4.78, 5) is 0. The van der Waals surface area contributed by atoms with Gasteiger partial charge in [-0.2, -0.15) is 13.2 Å². The van der Waals surface area contributed by atoms with Crippen molar-refractivity contribution in [1.29, 1.82) is 0 Å². The largest absolute Gasteiger partial charge is 0.494 e. The summed E-state index contributed by atoms with van der Waals surface area (Å²) in [5.41, 5.74) is -0.398. The lowest BCUT2D eigenvalue weighted by Gasteiger charge is -2.30. The number of ether oxygens (including phenoxy) is 3. The van der Waals surface area contributed by atoms with E-state index in [0.717, 1.165) is 18.4 Å². The molecule has 2 atom stereocenters. The molecule has 0 bridgehead atoms. The Hall–Kier alpha value is -2.12. The summed E-state index contributed by atoms with van der Waals surface area (Å²) in [5.74, 6) is -0.514. The van der Waals surface area contributed by atoms with Crippen molar-refractivity contribution in [2.45, 2.75) is 70.8 Å². The average Bonchev–Trinajstić information content (AvgIpc) is 2.79. The van der Waals surface area contributed by atoms with Gasteiger partial charge in [-0.3, -0.25) is 0 Å². The quantitative estimate of drug-likeness (QED) is 0.276. The van der Waals surface area contributed by atoms with Crippen LogP contribution in [0.4, 0.5) is 17.6 Å². The smallest absolute Gasteiger partial charge is 0.419 e. The van der Waals surface area contributed by atoms with E-state index in [1.54, 1.807) is 12.1 Å². The Bertz CT molecular complexity index is 872. The van der Waals surface area contributed by atoms with Crippen LogP contribution in [-0.4, -0.2) is 25.9 Å². The number of benzene rings is 2. The van der Waals surface area contributed by atoms with Crippen molar-refractivity contribution in [2.75, 3.05) is 19.8 Å². The van der Waals surface area contributed by atoms with Crippen molar-refractivity contribution in [3.05, 3.63) is 64.5 Å². The first kappa shape index (κ1) is 25.5. The minimum atomic E-state index is -4.78. The van der Waals surface area contributed by atoms with Gasteiger partial charge in [0.05, 0.1) is 31.0 Å². The minimum Gasteiger partial charge on any atom is -0.494 e. The first-order chi connectivity index (χ1) is 15.8. The summed E-state index contributed by atoms with van der Waals surface area (Å²) in [6.45, 7) is 5.37. The van der Waals surface area contributed by atoms with Crippen molar-refractivity contribution < 1.29 is 31.8 Å². The van der Waals surface area contributed by atoms with Crippen LogP contribution in [-0.2, 0) is 28.5 Å². The van der Waals surface area contributed by atoms with E-state index in [1.165, 1.54) is 12.1 Å². The van der Waals surface area contributed by atoms with E-state index in [-0.39, 0.29) is 30.3 Å². The predicted molar refractivity (Wildman–Crippen MR) is 119 cm³/mol. The molecule has 0 aliphatic carbocycles. The van der Waals surface area contributed by atoms with Crippen molar-refractivity contribution in [2.24, 2.45) is 0 Å². The van der Waals surface area contributed by atoms with Gasteiger partial charge >= 0.3 is 6.18 Å². The highest BCUT2D eigenvalue weighted by Crippen LogP contribution is 2.39. The summed E-state index contributed by atoms with van der Waals surface area (Å²) < 4.78 is 73.5. The lowest BCUT2D eigenvalue weighted by molar-refractivity contribution is -0.141. The molecule has 1 heterocycles. The molecule has 1 fully saturated rings. The number of alkyl halides is 3. The number of hydrogen-bond acceptors (Lipinski definition) is 3. The highest BCUT2D eigenvalue weighted by atomic mass is 19.4. The van der Waals surface area contributed by atoms with Crippen LogP contribution in [0.1, 0.15) is 67.9 Å². The summed E-state index contributed by atoms with van der Waals surface area (Å²) >= 11 is 0. The highest BCUT2D eigenvalue weighted by molar-refractivity contribution is 5.38. The second kappa shape index (κ2) is 11.8. The van der Waals surface area contributed by atoms with Crippen LogP contribution in [0.2, 0.25) is 0 Å². The Labute approximate surface area is 193 Å². The number of hydrogen-bond donors (Lipinski definition) is 0. The molecule has 1 aliphatic rings. The van der Waals surface area contributed by atoms with Crippen molar-refractivity contribution in [3.63, 3.8) is 0 Å². The second-order valence-electron chi connectivity index (χ2n) is 8.32. The molecule has 2 unspecified atom stereocenters.